The van der Waals surface area contributed by atoms with Crippen LogP contribution in [0.5, 0.6) is 5.88 Å². The van der Waals surface area contributed by atoms with Gasteiger partial charge in [-0.3, -0.25) is 9.59 Å². The average molecular weight is 659 g/mol. The summed E-state index contributed by atoms with van der Waals surface area (Å²) in [5, 5.41) is 12.7. The van der Waals surface area contributed by atoms with Gasteiger partial charge in [0.05, 0.1) is 0 Å². The van der Waals surface area contributed by atoms with Crippen molar-refractivity contribution in [2.24, 2.45) is 5.41 Å². The minimum atomic E-state index is -4.86. The Hall–Kier alpha value is -4.10. The summed E-state index contributed by atoms with van der Waals surface area (Å²) in [6.07, 6.45) is -3.60. The van der Waals surface area contributed by atoms with E-state index in [9.17, 15) is 27.9 Å². The number of likely N-dealkylation sites (tertiary alicyclic amines) is 1. The van der Waals surface area contributed by atoms with Gasteiger partial charge in [0.2, 0.25) is 17.9 Å². The van der Waals surface area contributed by atoms with E-state index in [4.69, 9.17) is 22.1 Å². The van der Waals surface area contributed by atoms with E-state index in [1.807, 2.05) is 4.90 Å². The number of hydrogen-bond donors (Lipinski definition) is 3. The number of aliphatic carboxylic acids is 1. The van der Waals surface area contributed by atoms with Crippen molar-refractivity contribution in [2.75, 3.05) is 43.4 Å². The SMILES string of the molecule is Nc1nc(O[C@H](c2ccc(Cl)cc2-c2cccc(C(=O)N3CCCC3)c2)C(F)(F)F)cc(N2CCC3(CC2)CNC(C(=O)O)C3)n1. The molecule has 46 heavy (non-hydrogen) atoms. The van der Waals surface area contributed by atoms with E-state index >= 15 is 0 Å². The highest BCUT2D eigenvalue weighted by molar-refractivity contribution is 6.30. The first-order valence-corrected chi connectivity index (χ1v) is 15.6. The van der Waals surface area contributed by atoms with Crippen molar-refractivity contribution in [1.29, 1.82) is 0 Å². The van der Waals surface area contributed by atoms with Crippen LogP contribution in [0.25, 0.3) is 11.1 Å². The van der Waals surface area contributed by atoms with Crippen LogP contribution in [0.15, 0.2) is 48.5 Å². The summed E-state index contributed by atoms with van der Waals surface area (Å²) in [5.74, 6) is -1.33. The molecular weight excluding hydrogens is 625 g/mol. The number of carbonyl (C=O) groups is 2. The lowest BCUT2D eigenvalue weighted by Crippen LogP contribution is -2.41. The van der Waals surface area contributed by atoms with Gasteiger partial charge < -0.3 is 30.7 Å². The van der Waals surface area contributed by atoms with E-state index in [2.05, 4.69) is 15.3 Å². The minimum Gasteiger partial charge on any atom is -0.480 e. The Bertz CT molecular complexity index is 1630. The van der Waals surface area contributed by atoms with Gasteiger partial charge >= 0.3 is 12.1 Å². The van der Waals surface area contributed by atoms with E-state index < -0.39 is 24.3 Å². The van der Waals surface area contributed by atoms with Gasteiger partial charge in [-0.2, -0.15) is 23.1 Å². The third-order valence-electron chi connectivity index (χ3n) is 9.16. The molecule has 2 atom stereocenters. The molecule has 1 amide bonds. The molecule has 4 heterocycles. The smallest absolute Gasteiger partial charge is 0.429 e. The number of nitrogens with one attached hydrogen (secondary N) is 1. The second-order valence-corrected chi connectivity index (χ2v) is 12.7. The maximum Gasteiger partial charge on any atom is 0.429 e. The largest absolute Gasteiger partial charge is 0.480 e. The van der Waals surface area contributed by atoms with Crippen molar-refractivity contribution >= 4 is 35.2 Å². The van der Waals surface area contributed by atoms with Crippen molar-refractivity contribution in [3.05, 3.63) is 64.7 Å². The molecule has 244 valence electrons. The van der Waals surface area contributed by atoms with Gasteiger partial charge in [0.1, 0.15) is 11.9 Å². The maximum absolute atomic E-state index is 14.8. The number of nitrogen functional groups attached to an aromatic ring is 1. The van der Waals surface area contributed by atoms with Crippen LogP contribution in [-0.4, -0.2) is 76.8 Å². The number of benzene rings is 2. The fourth-order valence-electron chi connectivity index (χ4n) is 6.69. The molecule has 10 nitrogen and oxygen atoms in total. The van der Waals surface area contributed by atoms with Gasteiger partial charge in [-0.25, -0.2) is 0 Å². The number of carboxylic acid groups (broad SMARTS) is 1. The maximum atomic E-state index is 14.8. The number of piperidine rings is 1. The zero-order valence-corrected chi connectivity index (χ0v) is 25.7. The Morgan fingerprint density at radius 3 is 2.48 bits per heavy atom. The van der Waals surface area contributed by atoms with Crippen molar-refractivity contribution in [3.8, 4) is 17.0 Å². The van der Waals surface area contributed by atoms with Crippen LogP contribution >= 0.6 is 11.6 Å². The van der Waals surface area contributed by atoms with E-state index in [-0.39, 0.29) is 39.3 Å². The third-order valence-corrected chi connectivity index (χ3v) is 9.40. The van der Waals surface area contributed by atoms with Crippen LogP contribution in [0.4, 0.5) is 24.9 Å². The number of hydrogen-bond acceptors (Lipinski definition) is 8. The summed E-state index contributed by atoms with van der Waals surface area (Å²) in [5.41, 5.74) is 6.51. The Morgan fingerprint density at radius 1 is 1.07 bits per heavy atom. The molecule has 1 aromatic heterocycles. The minimum absolute atomic E-state index is 0.166. The Kier molecular flexibility index (Phi) is 8.73. The second-order valence-electron chi connectivity index (χ2n) is 12.2. The molecule has 0 aliphatic carbocycles. The van der Waals surface area contributed by atoms with Gasteiger partial charge in [0.25, 0.3) is 5.91 Å². The predicted octanol–water partition coefficient (Wildman–Crippen LogP) is 5.33. The van der Waals surface area contributed by atoms with E-state index in [1.54, 1.807) is 29.2 Å². The number of rotatable bonds is 7. The Labute approximate surface area is 268 Å². The molecule has 3 fully saturated rings. The molecule has 3 saturated heterocycles. The molecule has 3 aromatic rings. The molecule has 0 bridgehead atoms. The van der Waals surface area contributed by atoms with Crippen LogP contribution in [0.3, 0.4) is 0 Å². The molecule has 4 N–H and O–H groups in total. The van der Waals surface area contributed by atoms with Gasteiger partial charge in [0.15, 0.2) is 0 Å². The molecular formula is C32H34ClF3N6O4. The van der Waals surface area contributed by atoms with Crippen LogP contribution in [0, 0.1) is 5.41 Å². The van der Waals surface area contributed by atoms with E-state index in [1.165, 1.54) is 24.3 Å². The fraction of sp³-hybridized carbons (Fsp3) is 0.438. The lowest BCUT2D eigenvalue weighted by Gasteiger charge is -2.39. The molecule has 2 aromatic carbocycles. The normalized spacial score (nSPS) is 20.2. The third kappa shape index (κ3) is 6.70. The number of ether oxygens (including phenoxy) is 1. The predicted molar refractivity (Wildman–Crippen MR) is 166 cm³/mol. The van der Waals surface area contributed by atoms with Crippen LogP contribution in [0.2, 0.25) is 5.02 Å². The lowest BCUT2D eigenvalue weighted by atomic mass is 9.76. The van der Waals surface area contributed by atoms with Gasteiger partial charge in [-0.05, 0) is 72.9 Å². The fourth-order valence-corrected chi connectivity index (χ4v) is 6.86. The monoisotopic (exact) mass is 658 g/mol. The standard InChI is InChI=1S/C32H34ClF3N6O4/c33-21-6-7-22(23(15-21)19-4-3-5-20(14-19)28(43)42-10-1-2-11-42)27(32(34,35)36)46-26-16-25(39-30(37)40-26)41-12-8-31(9-13-41)17-24(29(44)45)38-18-31/h3-7,14-16,24,27,38H,1-2,8-13,17-18H2,(H,44,45)(H2,37,39,40)/t24?,27-/m1/s1. The Balaban J connectivity index is 1.27. The average Bonchev–Trinajstić information content (AvgIpc) is 3.71. The van der Waals surface area contributed by atoms with Crippen LogP contribution < -0.4 is 20.7 Å². The summed E-state index contributed by atoms with van der Waals surface area (Å²) in [7, 11) is 0. The molecule has 14 heteroatoms. The van der Waals surface area contributed by atoms with Crippen molar-refractivity contribution in [2.45, 2.75) is 50.4 Å². The number of halogens is 4. The number of nitrogens with two attached hydrogens (primary N) is 1. The van der Waals surface area contributed by atoms with Crippen LogP contribution in [0.1, 0.15) is 54.1 Å². The van der Waals surface area contributed by atoms with Crippen molar-refractivity contribution in [1.82, 2.24) is 20.2 Å². The molecule has 3 aliphatic heterocycles. The van der Waals surface area contributed by atoms with Gasteiger partial charge in [0, 0.05) is 54.9 Å². The highest BCUT2D eigenvalue weighted by Gasteiger charge is 2.46. The lowest BCUT2D eigenvalue weighted by molar-refractivity contribution is -0.198. The number of aromatic nitrogens is 2. The first-order chi connectivity index (χ1) is 21.9. The second kappa shape index (κ2) is 12.6. The van der Waals surface area contributed by atoms with Crippen molar-refractivity contribution < 1.29 is 32.6 Å². The summed E-state index contributed by atoms with van der Waals surface area (Å²) in [6.45, 7) is 2.89. The summed E-state index contributed by atoms with van der Waals surface area (Å²) in [6, 6.07) is 11.3. The number of alkyl halides is 3. The molecule has 0 saturated carbocycles. The molecule has 1 spiro atoms. The quantitative estimate of drug-likeness (QED) is 0.308. The zero-order chi connectivity index (χ0) is 32.6. The molecule has 6 rings (SSSR count). The zero-order valence-electron chi connectivity index (χ0n) is 24.9. The van der Waals surface area contributed by atoms with E-state index in [0.29, 0.717) is 68.9 Å². The topological polar surface area (TPSA) is 134 Å². The number of carboxylic acids is 1. The highest BCUT2D eigenvalue weighted by atomic mass is 35.5. The number of amides is 1. The summed E-state index contributed by atoms with van der Waals surface area (Å²) >= 11 is 6.27. The summed E-state index contributed by atoms with van der Waals surface area (Å²) in [4.78, 5) is 36.4. The molecule has 0 radical (unpaired) electrons. The molecule has 1 unspecified atom stereocenters. The number of carbonyl (C=O) groups excluding carboxylic acids is 1. The Morgan fingerprint density at radius 2 is 1.80 bits per heavy atom. The highest BCUT2D eigenvalue weighted by Crippen LogP contribution is 2.43. The van der Waals surface area contributed by atoms with Gasteiger partial charge in [-0.1, -0.05) is 29.8 Å². The first-order valence-electron chi connectivity index (χ1n) is 15.2. The van der Waals surface area contributed by atoms with Crippen molar-refractivity contribution in [3.63, 3.8) is 0 Å². The van der Waals surface area contributed by atoms with Gasteiger partial charge in [-0.15, -0.1) is 0 Å². The number of anilines is 2. The first kappa shape index (κ1) is 31.9. The number of nitrogens with zero attached hydrogens (tertiary/aromatic N) is 4. The summed E-state index contributed by atoms with van der Waals surface area (Å²) < 4.78 is 49.9. The molecule has 3 aliphatic rings. The van der Waals surface area contributed by atoms with E-state index in [0.717, 1.165) is 12.8 Å². The van der Waals surface area contributed by atoms with Crippen LogP contribution in [-0.2, 0) is 4.79 Å².